The Hall–Kier alpha value is -4.88. The first-order valence-electron chi connectivity index (χ1n) is 14.9. The van der Waals surface area contributed by atoms with E-state index < -0.39 is 24.0 Å². The number of carbonyl (C=O) groups excluding carboxylic acids is 2. The van der Waals surface area contributed by atoms with Gasteiger partial charge in [-0.3, -0.25) is 14.2 Å². The van der Waals surface area contributed by atoms with Gasteiger partial charge in [-0.2, -0.15) is 5.26 Å². The Morgan fingerprint density at radius 3 is 2.51 bits per heavy atom. The van der Waals surface area contributed by atoms with Crippen molar-refractivity contribution in [1.29, 1.82) is 5.26 Å². The summed E-state index contributed by atoms with van der Waals surface area (Å²) in [6.07, 6.45) is 9.95. The molecule has 0 saturated carbocycles. The maximum absolute atomic E-state index is 13.5. The molecule has 0 saturated heterocycles. The Labute approximate surface area is 266 Å². The van der Waals surface area contributed by atoms with Crippen molar-refractivity contribution in [3.63, 3.8) is 0 Å². The number of nitrogens with zero attached hydrogens (tertiary/aromatic N) is 3. The summed E-state index contributed by atoms with van der Waals surface area (Å²) in [5.41, 5.74) is 3.15. The molecule has 0 bridgehead atoms. The molecule has 1 aliphatic heterocycles. The lowest BCUT2D eigenvalue weighted by atomic mass is 10.1. The van der Waals surface area contributed by atoms with Gasteiger partial charge in [-0.05, 0) is 66.4 Å². The van der Waals surface area contributed by atoms with Crippen LogP contribution in [0.1, 0.15) is 43.7 Å². The molecule has 234 valence electrons. The van der Waals surface area contributed by atoms with Crippen molar-refractivity contribution in [2.24, 2.45) is 0 Å². The third-order valence-electron chi connectivity index (χ3n) is 7.13. The van der Waals surface area contributed by atoms with Gasteiger partial charge in [-0.1, -0.05) is 57.6 Å². The Balaban J connectivity index is 1.62. The number of benzene rings is 2. The van der Waals surface area contributed by atoms with E-state index in [1.165, 1.54) is 31.4 Å². The summed E-state index contributed by atoms with van der Waals surface area (Å²) in [6, 6.07) is 15.9. The molecule has 0 N–H and O–H groups in total. The molecule has 0 amide bonds. The average Bonchev–Trinajstić information content (AvgIpc) is 3.60. The lowest BCUT2D eigenvalue weighted by Crippen LogP contribution is -2.36. The Morgan fingerprint density at radius 2 is 1.80 bits per heavy atom. The highest BCUT2D eigenvalue weighted by atomic mass is 32.1. The van der Waals surface area contributed by atoms with Gasteiger partial charge in [0, 0.05) is 17.9 Å². The van der Waals surface area contributed by atoms with Crippen LogP contribution < -0.4 is 24.4 Å². The molecular weight excluding hydrogens is 590 g/mol. The number of esters is 2. The zero-order valence-electron chi connectivity index (χ0n) is 25.5. The van der Waals surface area contributed by atoms with Gasteiger partial charge in [0.05, 0.1) is 11.1 Å². The highest BCUT2D eigenvalue weighted by Crippen LogP contribution is 2.35. The van der Waals surface area contributed by atoms with Crippen molar-refractivity contribution in [3.05, 3.63) is 98.5 Å². The van der Waals surface area contributed by atoms with E-state index in [0.717, 1.165) is 70.1 Å². The molecule has 0 spiro atoms. The van der Waals surface area contributed by atoms with Crippen molar-refractivity contribution in [3.8, 4) is 11.8 Å². The van der Waals surface area contributed by atoms with Crippen molar-refractivity contribution in [1.82, 2.24) is 4.57 Å². The zero-order chi connectivity index (χ0) is 32.2. The molecule has 2 heterocycles. The van der Waals surface area contributed by atoms with E-state index in [9.17, 15) is 19.6 Å². The van der Waals surface area contributed by atoms with Gasteiger partial charge < -0.3 is 19.1 Å². The zero-order valence-corrected chi connectivity index (χ0v) is 26.3. The minimum atomic E-state index is -0.914. The molecular formula is C35H37N3O6S. The average molecular weight is 628 g/mol. The lowest BCUT2D eigenvalue weighted by Gasteiger charge is -2.20. The molecule has 0 unspecified atom stereocenters. The van der Waals surface area contributed by atoms with E-state index in [-0.39, 0.29) is 28.0 Å². The third-order valence-corrected chi connectivity index (χ3v) is 8.26. The number of unbranched alkanes of at least 4 members (excludes halogenated alkanes) is 3. The summed E-state index contributed by atoms with van der Waals surface area (Å²) >= 11 is 0.941. The van der Waals surface area contributed by atoms with Crippen LogP contribution >= 0.6 is 11.3 Å². The first kappa shape index (κ1) is 33.0. The number of hydrogen-bond donors (Lipinski definition) is 0. The normalized spacial score (nSPS) is 13.1. The van der Waals surface area contributed by atoms with Crippen molar-refractivity contribution in [2.75, 3.05) is 31.3 Å². The molecule has 3 aromatic rings. The van der Waals surface area contributed by atoms with Gasteiger partial charge in [-0.15, -0.1) is 11.3 Å². The van der Waals surface area contributed by atoms with Gasteiger partial charge in [0.1, 0.15) is 36.2 Å². The second-order valence-corrected chi connectivity index (χ2v) is 11.4. The number of ether oxygens (including phenoxy) is 3. The Kier molecular flexibility index (Phi) is 11.9. The van der Waals surface area contributed by atoms with Crippen molar-refractivity contribution >= 4 is 46.3 Å². The molecule has 1 aliphatic rings. The lowest BCUT2D eigenvalue weighted by molar-refractivity contribution is -0.143. The Morgan fingerprint density at radius 1 is 1.04 bits per heavy atom. The largest absolute Gasteiger partial charge is 0.494 e. The molecule has 2 aromatic carbocycles. The fourth-order valence-corrected chi connectivity index (χ4v) is 6.02. The number of anilines is 2. The SMILES string of the molecule is C=CCOC(=O)Cn1c(=O)/c(=C/c2ccc3c(c2)CCN3c2ccc(OCCCCCC)cc2)s/c1=C(\C#N)C(=O)OCC=C. The van der Waals surface area contributed by atoms with Crippen LogP contribution in [0, 0.1) is 11.3 Å². The van der Waals surface area contributed by atoms with Crippen LogP contribution in [0.4, 0.5) is 11.4 Å². The smallest absolute Gasteiger partial charge is 0.352 e. The molecule has 1 aromatic heterocycles. The first-order chi connectivity index (χ1) is 21.9. The summed E-state index contributed by atoms with van der Waals surface area (Å²) < 4.78 is 17.3. The van der Waals surface area contributed by atoms with Gasteiger partial charge in [0.15, 0.2) is 5.57 Å². The first-order valence-corrected chi connectivity index (χ1v) is 15.7. The number of nitriles is 1. The van der Waals surface area contributed by atoms with Crippen LogP contribution in [-0.4, -0.2) is 42.9 Å². The minimum Gasteiger partial charge on any atom is -0.494 e. The van der Waals surface area contributed by atoms with Crippen LogP contribution in [0.5, 0.6) is 5.75 Å². The number of thiazole rings is 1. The summed E-state index contributed by atoms with van der Waals surface area (Å²) in [7, 11) is 0. The summed E-state index contributed by atoms with van der Waals surface area (Å²) in [5, 5.41) is 9.77. The quantitative estimate of drug-likeness (QED) is 0.137. The number of hydrogen-bond acceptors (Lipinski definition) is 9. The molecule has 45 heavy (non-hydrogen) atoms. The highest BCUT2D eigenvalue weighted by molar-refractivity contribution is 7.07. The second-order valence-electron chi connectivity index (χ2n) is 10.3. The fourth-order valence-electron chi connectivity index (χ4n) is 4.94. The van der Waals surface area contributed by atoms with Crippen LogP contribution in [-0.2, 0) is 32.0 Å². The van der Waals surface area contributed by atoms with E-state index in [0.29, 0.717) is 0 Å². The topological polar surface area (TPSA) is 111 Å². The highest BCUT2D eigenvalue weighted by Gasteiger charge is 2.22. The third kappa shape index (κ3) is 8.40. The maximum atomic E-state index is 13.5. The van der Waals surface area contributed by atoms with Crippen LogP contribution in [0.15, 0.2) is 72.6 Å². The van der Waals surface area contributed by atoms with Crippen LogP contribution in [0.2, 0.25) is 0 Å². The van der Waals surface area contributed by atoms with Gasteiger partial charge >= 0.3 is 11.9 Å². The van der Waals surface area contributed by atoms with Gasteiger partial charge in [-0.25, -0.2) is 4.79 Å². The van der Waals surface area contributed by atoms with Gasteiger partial charge in [0.25, 0.3) is 5.56 Å². The standard InChI is InChI=1S/C35H37N3O6S/c1-4-7-8-9-20-42-28-13-11-27(12-14-28)37-17-16-26-21-25(10-15-30(26)37)22-31-33(40)38(24-32(39)43-18-5-2)34(45-31)29(23-36)35(41)44-19-6-3/h5-6,10-15,21-22H,2-4,7-9,16-20,24H2,1H3/b31-22-,34-29+. The van der Waals surface area contributed by atoms with E-state index in [2.05, 4.69) is 37.1 Å². The monoisotopic (exact) mass is 627 g/mol. The van der Waals surface area contributed by atoms with E-state index >= 15 is 0 Å². The predicted octanol–water partition coefficient (Wildman–Crippen LogP) is 4.52. The summed E-state index contributed by atoms with van der Waals surface area (Å²) in [6.45, 7) is 10.1. The molecule has 0 atom stereocenters. The minimum absolute atomic E-state index is 0.0130. The summed E-state index contributed by atoms with van der Waals surface area (Å²) in [5.74, 6) is -0.758. The molecule has 0 radical (unpaired) electrons. The molecule has 9 nitrogen and oxygen atoms in total. The summed E-state index contributed by atoms with van der Waals surface area (Å²) in [4.78, 5) is 40.7. The number of fused-ring (bicyclic) bond motifs is 1. The number of aromatic nitrogens is 1. The van der Waals surface area contributed by atoms with Gasteiger partial charge in [0.2, 0.25) is 0 Å². The van der Waals surface area contributed by atoms with Crippen molar-refractivity contribution in [2.45, 2.75) is 45.6 Å². The number of carbonyl (C=O) groups is 2. The molecule has 10 heteroatoms. The van der Waals surface area contributed by atoms with E-state index in [4.69, 9.17) is 14.2 Å². The second kappa shape index (κ2) is 16.3. The maximum Gasteiger partial charge on any atom is 0.352 e. The molecule has 0 aliphatic carbocycles. The van der Waals surface area contributed by atoms with E-state index in [1.807, 2.05) is 36.4 Å². The van der Waals surface area contributed by atoms with Crippen molar-refractivity contribution < 1.29 is 23.8 Å². The predicted molar refractivity (Wildman–Crippen MR) is 176 cm³/mol. The van der Waals surface area contributed by atoms with Crippen LogP contribution in [0.3, 0.4) is 0 Å². The molecule has 4 rings (SSSR count). The Bertz CT molecular complexity index is 1760. The van der Waals surface area contributed by atoms with E-state index in [1.54, 1.807) is 6.08 Å². The van der Waals surface area contributed by atoms with Crippen LogP contribution in [0.25, 0.3) is 11.6 Å². The molecule has 0 fully saturated rings. The fraction of sp³-hybridized carbons (Fsp3) is 0.314. The number of rotatable bonds is 15.